The van der Waals surface area contributed by atoms with E-state index in [1.54, 1.807) is 0 Å². The van der Waals surface area contributed by atoms with Crippen LogP contribution in [0.4, 0.5) is 0 Å². The first kappa shape index (κ1) is 33.0. The Kier molecular flexibility index (Phi) is 5.55. The van der Waals surface area contributed by atoms with E-state index in [0.29, 0.717) is 0 Å². The van der Waals surface area contributed by atoms with Gasteiger partial charge in [-0.3, -0.25) is 9.97 Å². The second-order valence-electron chi connectivity index (χ2n) is 19.8. The largest absolute Gasteiger partial charge is 0.305 e. The summed E-state index contributed by atoms with van der Waals surface area (Å²) in [5.41, 5.74) is 25.5. The van der Waals surface area contributed by atoms with Crippen molar-refractivity contribution in [2.24, 2.45) is 0 Å². The minimum absolute atomic E-state index is 0.0831. The number of benzene rings is 8. The number of fused-ring (bicyclic) bond motifs is 15. The van der Waals surface area contributed by atoms with Gasteiger partial charge in [0, 0.05) is 38.8 Å². The van der Waals surface area contributed by atoms with Crippen LogP contribution >= 0.6 is 0 Å². The predicted octanol–water partition coefficient (Wildman–Crippen LogP) is 14.2. The molecule has 4 bridgehead atoms. The van der Waals surface area contributed by atoms with Crippen molar-refractivity contribution >= 4 is 59.6 Å². The molecule has 0 atom stereocenters. The Morgan fingerprint density at radius 3 is 1.33 bits per heavy atom. The molecule has 0 radical (unpaired) electrons. The quantitative estimate of drug-likeness (QED) is 0.143. The van der Waals surface area contributed by atoms with Crippen molar-refractivity contribution in [3.05, 3.63) is 242 Å². The molecule has 0 unspecified atom stereocenters. The molecule has 0 saturated carbocycles. The number of aromatic nitrogens is 3. The molecule has 0 amide bonds. The van der Waals surface area contributed by atoms with Crippen LogP contribution in [0, 0.1) is 0 Å². The van der Waals surface area contributed by atoms with Crippen LogP contribution < -0.4 is 0 Å². The molecule has 7 aliphatic carbocycles. The maximum absolute atomic E-state index is 5.62. The van der Waals surface area contributed by atoms with Crippen molar-refractivity contribution < 1.29 is 0 Å². The molecule has 296 valence electrons. The summed E-state index contributed by atoms with van der Waals surface area (Å²) in [7, 11) is 0. The first-order chi connectivity index (χ1) is 31.6. The molecule has 0 fully saturated rings. The van der Waals surface area contributed by atoms with E-state index in [0.717, 1.165) is 0 Å². The Morgan fingerprint density at radius 1 is 0.406 bits per heavy atom. The van der Waals surface area contributed by atoms with E-state index >= 15 is 0 Å². The summed E-state index contributed by atoms with van der Waals surface area (Å²) in [4.78, 5) is 11.2. The smallest absolute Gasteiger partial charge is 0.0729 e. The highest BCUT2D eigenvalue weighted by atomic mass is 15.0. The summed E-state index contributed by atoms with van der Waals surface area (Å²) in [6.07, 6.45) is 4.46. The molecular weight excluding hydrogens is 775 g/mol. The normalized spacial score (nSPS) is 19.8. The molecule has 0 aliphatic heterocycles. The average molecular weight is 812 g/mol. The van der Waals surface area contributed by atoms with E-state index in [-0.39, 0.29) is 29.1 Å². The van der Waals surface area contributed by atoms with Crippen LogP contribution in [0.2, 0.25) is 0 Å². The lowest BCUT2D eigenvalue weighted by Crippen LogP contribution is -2.29. The third-order valence-electron chi connectivity index (χ3n) is 16.8. The van der Waals surface area contributed by atoms with Gasteiger partial charge in [-0.2, -0.15) is 0 Å². The van der Waals surface area contributed by atoms with Gasteiger partial charge in [0.15, 0.2) is 0 Å². The molecule has 12 aromatic rings. The molecule has 64 heavy (non-hydrogen) atoms. The lowest BCUT2D eigenvalue weighted by Gasteiger charge is -2.42. The van der Waals surface area contributed by atoms with Gasteiger partial charge < -0.3 is 4.40 Å². The van der Waals surface area contributed by atoms with E-state index < -0.39 is 0 Å². The van der Waals surface area contributed by atoms with Crippen molar-refractivity contribution in [3.63, 3.8) is 0 Å². The van der Waals surface area contributed by atoms with Crippen LogP contribution in [-0.4, -0.2) is 14.4 Å². The van der Waals surface area contributed by atoms with Crippen molar-refractivity contribution in [1.82, 2.24) is 14.4 Å². The first-order valence-electron chi connectivity index (χ1n) is 23.0. The predicted molar refractivity (Wildman–Crippen MR) is 259 cm³/mol. The van der Waals surface area contributed by atoms with E-state index in [2.05, 4.69) is 182 Å². The third-order valence-corrected chi connectivity index (χ3v) is 16.8. The average Bonchev–Trinajstić information content (AvgIpc) is 3.96. The van der Waals surface area contributed by atoms with E-state index in [1.165, 1.54) is 149 Å². The van der Waals surface area contributed by atoms with Gasteiger partial charge in [0.25, 0.3) is 0 Å². The highest BCUT2D eigenvalue weighted by Gasteiger charge is 2.48. The molecule has 0 saturated heterocycles. The molecule has 4 heterocycles. The minimum Gasteiger partial charge on any atom is -0.305 e. The van der Waals surface area contributed by atoms with Crippen molar-refractivity contribution in [2.45, 2.75) is 42.9 Å². The number of pyridine rings is 2. The number of hydrogen-bond donors (Lipinski definition) is 0. The molecule has 7 aliphatic rings. The molecule has 3 heteroatoms. The van der Waals surface area contributed by atoms with Gasteiger partial charge in [-0.1, -0.05) is 159 Å². The third kappa shape index (κ3) is 3.44. The van der Waals surface area contributed by atoms with Gasteiger partial charge >= 0.3 is 0 Å². The van der Waals surface area contributed by atoms with E-state index in [1.807, 2.05) is 0 Å². The summed E-state index contributed by atoms with van der Waals surface area (Å²) >= 11 is 0. The second kappa shape index (κ2) is 10.8. The zero-order valence-corrected chi connectivity index (χ0v) is 35.2. The molecule has 4 aromatic heterocycles. The fourth-order valence-corrected chi connectivity index (χ4v) is 14.8. The van der Waals surface area contributed by atoms with Crippen molar-refractivity contribution in [3.8, 4) is 11.1 Å². The first-order valence-corrected chi connectivity index (χ1v) is 23.0. The monoisotopic (exact) mass is 811 g/mol. The fraction of sp³-hybridized carbons (Fsp3) is 0.115. The standard InChI is InChI=1S/C61H37N3/c1-61(2)56-41-26-14-4-16-31(41)30-15-3-5-17-32(30)48(56)42-27-43-51-44(28-62-58-49-37-22-10-6-18-33(37)46(53(51)58)34-19-7-11-23-38(34)49)64-45-29-63-59-50-39-24-12-8-20-35(39)47(36-21-9-13-25-40(36)50)54(59)52(45)55(57(42)61)60(43)64/h3-29,46-47,49-50H,1-2H3. The van der Waals surface area contributed by atoms with Crippen molar-refractivity contribution in [1.29, 1.82) is 0 Å². The summed E-state index contributed by atoms with van der Waals surface area (Å²) in [6.45, 7) is 5.01. The van der Waals surface area contributed by atoms with Gasteiger partial charge in [0.05, 0.1) is 52.2 Å². The van der Waals surface area contributed by atoms with Crippen molar-refractivity contribution in [2.75, 3.05) is 0 Å². The van der Waals surface area contributed by atoms with Crippen LogP contribution in [0.25, 0.3) is 70.8 Å². The SMILES string of the molecule is CC1(C)c2c(c3ccccc3c3ccccc23)-c2cc3c4c5c(ncc4n4c6cnc7c(c6c(c21)c34)C1c2ccccc2C7c2ccccc21)C1c2ccccc2C5c2ccccc21. The van der Waals surface area contributed by atoms with Gasteiger partial charge in [0.2, 0.25) is 0 Å². The van der Waals surface area contributed by atoms with Crippen LogP contribution in [0.3, 0.4) is 0 Å². The number of nitrogens with zero attached hydrogens (tertiary/aromatic N) is 3. The maximum atomic E-state index is 5.62. The highest BCUT2D eigenvalue weighted by Crippen LogP contribution is 2.64. The zero-order chi connectivity index (χ0) is 41.5. The topological polar surface area (TPSA) is 30.2 Å². The summed E-state index contributed by atoms with van der Waals surface area (Å²) in [5, 5.41) is 10.8. The molecule has 8 aromatic carbocycles. The Balaban J connectivity index is 1.11. The lowest BCUT2D eigenvalue weighted by atomic mass is 9.61. The fourth-order valence-electron chi connectivity index (χ4n) is 14.8. The molecular formula is C61H37N3. The summed E-state index contributed by atoms with van der Waals surface area (Å²) in [5.74, 6) is 0.361. The summed E-state index contributed by atoms with van der Waals surface area (Å²) < 4.78 is 2.60. The van der Waals surface area contributed by atoms with E-state index in [4.69, 9.17) is 9.97 Å². The van der Waals surface area contributed by atoms with Gasteiger partial charge in [-0.05, 0) is 105 Å². The van der Waals surface area contributed by atoms with Crippen LogP contribution in [0.5, 0.6) is 0 Å². The molecule has 19 rings (SSSR count). The highest BCUT2D eigenvalue weighted by molar-refractivity contribution is 6.30. The molecule has 3 nitrogen and oxygen atoms in total. The van der Waals surface area contributed by atoms with Gasteiger partial charge in [-0.25, -0.2) is 0 Å². The maximum Gasteiger partial charge on any atom is 0.0729 e. The van der Waals surface area contributed by atoms with E-state index in [9.17, 15) is 0 Å². The Hall–Kier alpha value is -7.62. The van der Waals surface area contributed by atoms with Crippen LogP contribution in [0.15, 0.2) is 164 Å². The Bertz CT molecular complexity index is 4110. The number of rotatable bonds is 0. The Labute approximate surface area is 368 Å². The van der Waals surface area contributed by atoms with Crippen LogP contribution in [0.1, 0.15) is 116 Å². The summed E-state index contributed by atoms with van der Waals surface area (Å²) in [6, 6.07) is 57.7. The minimum atomic E-state index is -0.311. The lowest BCUT2D eigenvalue weighted by molar-refractivity contribution is 0.673. The Morgan fingerprint density at radius 2 is 0.812 bits per heavy atom. The zero-order valence-electron chi connectivity index (χ0n) is 35.2. The van der Waals surface area contributed by atoms with Gasteiger partial charge in [0.1, 0.15) is 0 Å². The van der Waals surface area contributed by atoms with Crippen LogP contribution in [-0.2, 0) is 5.41 Å². The molecule has 0 spiro atoms. The number of hydrogen-bond acceptors (Lipinski definition) is 2. The van der Waals surface area contributed by atoms with Gasteiger partial charge in [-0.15, -0.1) is 0 Å². The molecule has 0 N–H and O–H groups in total. The second-order valence-corrected chi connectivity index (χ2v) is 19.8.